The van der Waals surface area contributed by atoms with E-state index in [1.165, 1.54) is 10.6 Å². The third kappa shape index (κ3) is 1.56. The Labute approximate surface area is 77.8 Å². The van der Waals surface area contributed by atoms with E-state index in [0.29, 0.717) is 5.69 Å². The minimum Gasteiger partial charge on any atom is -0.494 e. The first-order chi connectivity index (χ1) is 6.11. The molecule has 1 aromatic heterocycles. The Morgan fingerprint density at radius 2 is 2.15 bits per heavy atom. The van der Waals surface area contributed by atoms with Crippen molar-refractivity contribution in [1.82, 2.24) is 4.57 Å². The molecule has 74 valence electrons. The summed E-state index contributed by atoms with van der Waals surface area (Å²) >= 11 is 0. The van der Waals surface area contributed by atoms with Gasteiger partial charge in [-0.25, -0.2) is 0 Å². The second kappa shape index (κ2) is 3.60. The lowest BCUT2D eigenvalue weighted by Gasteiger charge is -2.13. The van der Waals surface area contributed by atoms with E-state index in [1.54, 1.807) is 7.05 Å². The molecule has 1 atom stereocenters. The van der Waals surface area contributed by atoms with Gasteiger partial charge in [0.25, 0.3) is 0 Å². The third-order valence-electron chi connectivity index (χ3n) is 2.29. The summed E-state index contributed by atoms with van der Waals surface area (Å²) in [6.07, 6.45) is 0.860. The molecule has 0 amide bonds. The largest absolute Gasteiger partial charge is 0.494 e. The van der Waals surface area contributed by atoms with Gasteiger partial charge in [-0.1, -0.05) is 6.92 Å². The molecule has 0 saturated carbocycles. The van der Waals surface area contributed by atoms with Crippen LogP contribution < -0.4 is 5.32 Å². The van der Waals surface area contributed by atoms with Gasteiger partial charge in [0.05, 0.1) is 0 Å². The zero-order valence-electron chi connectivity index (χ0n) is 8.20. The summed E-state index contributed by atoms with van der Waals surface area (Å²) in [4.78, 5) is 0. The highest BCUT2D eigenvalue weighted by atomic mass is 16.3. The van der Waals surface area contributed by atoms with Crippen LogP contribution in [0.5, 0.6) is 11.8 Å². The highest BCUT2D eigenvalue weighted by Crippen LogP contribution is 2.35. The number of hydrogen-bond acceptors (Lipinski definition) is 3. The summed E-state index contributed by atoms with van der Waals surface area (Å²) in [5.41, 5.74) is 0.554. The summed E-state index contributed by atoms with van der Waals surface area (Å²) in [6, 6.07) is 1.61. The first kappa shape index (κ1) is 9.77. The maximum atomic E-state index is 9.65. The molecule has 0 bridgehead atoms. The maximum Gasteiger partial charge on any atom is 0.218 e. The second-order valence-electron chi connectivity index (χ2n) is 3.12. The summed E-state index contributed by atoms with van der Waals surface area (Å²) in [7, 11) is 1.70. The van der Waals surface area contributed by atoms with Crippen LogP contribution in [0.25, 0.3) is 0 Å². The minimum atomic E-state index is 0.0920. The van der Waals surface area contributed by atoms with E-state index in [0.717, 1.165) is 6.42 Å². The standard InChI is InChI=1S/C9H16N2O2/c1-4-6(2)11-8(12)5-7(10-3)9(11)13/h5-6,10,12-13H,4H2,1-3H3. The van der Waals surface area contributed by atoms with Gasteiger partial charge >= 0.3 is 0 Å². The maximum absolute atomic E-state index is 9.65. The van der Waals surface area contributed by atoms with Crippen molar-refractivity contribution < 1.29 is 10.2 Å². The molecule has 0 aliphatic heterocycles. The van der Waals surface area contributed by atoms with Crippen molar-refractivity contribution in [2.45, 2.75) is 26.3 Å². The van der Waals surface area contributed by atoms with E-state index >= 15 is 0 Å². The van der Waals surface area contributed by atoms with Crippen LogP contribution in [0.2, 0.25) is 0 Å². The van der Waals surface area contributed by atoms with Crippen molar-refractivity contribution in [3.05, 3.63) is 6.07 Å². The predicted octanol–water partition coefficient (Wildman–Crippen LogP) is 1.91. The Balaban J connectivity index is 3.12. The molecule has 13 heavy (non-hydrogen) atoms. The Kier molecular flexibility index (Phi) is 2.70. The molecule has 4 nitrogen and oxygen atoms in total. The number of aromatic nitrogens is 1. The smallest absolute Gasteiger partial charge is 0.218 e. The molecule has 0 radical (unpaired) electrons. The van der Waals surface area contributed by atoms with E-state index in [4.69, 9.17) is 0 Å². The fraction of sp³-hybridized carbons (Fsp3) is 0.556. The lowest BCUT2D eigenvalue weighted by atomic mass is 10.2. The Bertz CT molecular complexity index is 294. The minimum absolute atomic E-state index is 0.0920. The fourth-order valence-electron chi connectivity index (χ4n) is 1.30. The lowest BCUT2D eigenvalue weighted by molar-refractivity contribution is 0.338. The van der Waals surface area contributed by atoms with Crippen molar-refractivity contribution in [2.24, 2.45) is 0 Å². The van der Waals surface area contributed by atoms with Crippen LogP contribution in [-0.4, -0.2) is 21.8 Å². The van der Waals surface area contributed by atoms with Gasteiger partial charge < -0.3 is 15.5 Å². The van der Waals surface area contributed by atoms with Gasteiger partial charge in [0.2, 0.25) is 5.88 Å². The van der Waals surface area contributed by atoms with Gasteiger partial charge in [0.15, 0.2) is 5.88 Å². The van der Waals surface area contributed by atoms with Crippen molar-refractivity contribution in [1.29, 1.82) is 0 Å². The Morgan fingerprint density at radius 3 is 2.54 bits per heavy atom. The zero-order valence-corrected chi connectivity index (χ0v) is 8.20. The first-order valence-electron chi connectivity index (χ1n) is 4.42. The summed E-state index contributed by atoms with van der Waals surface area (Å²) in [5.74, 6) is 0.186. The highest BCUT2D eigenvalue weighted by Gasteiger charge is 2.16. The number of nitrogens with zero attached hydrogens (tertiary/aromatic N) is 1. The van der Waals surface area contributed by atoms with Gasteiger partial charge in [-0.3, -0.25) is 4.57 Å². The van der Waals surface area contributed by atoms with Gasteiger partial charge in [-0.15, -0.1) is 0 Å². The SMILES string of the molecule is CCC(C)n1c(O)cc(NC)c1O. The number of nitrogens with one attached hydrogen (secondary N) is 1. The Hall–Kier alpha value is -1.32. The average molecular weight is 184 g/mol. The second-order valence-corrected chi connectivity index (χ2v) is 3.12. The van der Waals surface area contributed by atoms with Gasteiger partial charge in [0.1, 0.15) is 5.69 Å². The monoisotopic (exact) mass is 184 g/mol. The normalized spacial score (nSPS) is 12.8. The number of hydrogen-bond donors (Lipinski definition) is 3. The van der Waals surface area contributed by atoms with E-state index in [1.807, 2.05) is 13.8 Å². The number of aromatic hydroxyl groups is 2. The molecule has 3 N–H and O–H groups in total. The first-order valence-corrected chi connectivity index (χ1v) is 4.42. The van der Waals surface area contributed by atoms with Gasteiger partial charge in [-0.2, -0.15) is 0 Å². The van der Waals surface area contributed by atoms with Crippen LogP contribution >= 0.6 is 0 Å². The predicted molar refractivity (Wildman–Crippen MR) is 52.3 cm³/mol. The van der Waals surface area contributed by atoms with Crippen LogP contribution in [0, 0.1) is 0 Å². The number of rotatable bonds is 3. The molecule has 0 aromatic carbocycles. The Morgan fingerprint density at radius 1 is 1.54 bits per heavy atom. The number of anilines is 1. The van der Waals surface area contributed by atoms with E-state index in [2.05, 4.69) is 5.32 Å². The molecule has 1 unspecified atom stereocenters. The zero-order chi connectivity index (χ0) is 10.0. The molecule has 1 rings (SSSR count). The van der Waals surface area contributed by atoms with Crippen LogP contribution in [0.4, 0.5) is 5.69 Å². The average Bonchev–Trinajstić information content (AvgIpc) is 2.40. The van der Waals surface area contributed by atoms with Crippen LogP contribution in [0.15, 0.2) is 6.07 Å². The van der Waals surface area contributed by atoms with Crippen LogP contribution in [0.1, 0.15) is 26.3 Å². The van der Waals surface area contributed by atoms with Gasteiger partial charge in [-0.05, 0) is 13.3 Å². The third-order valence-corrected chi connectivity index (χ3v) is 2.29. The highest BCUT2D eigenvalue weighted by molar-refractivity contribution is 5.57. The van der Waals surface area contributed by atoms with E-state index < -0.39 is 0 Å². The molecule has 0 aliphatic carbocycles. The van der Waals surface area contributed by atoms with Crippen molar-refractivity contribution in [3.63, 3.8) is 0 Å². The fourth-order valence-corrected chi connectivity index (χ4v) is 1.30. The molecule has 1 aromatic rings. The van der Waals surface area contributed by atoms with Crippen molar-refractivity contribution >= 4 is 5.69 Å². The molecule has 0 aliphatic rings. The van der Waals surface area contributed by atoms with E-state index in [-0.39, 0.29) is 17.8 Å². The molecule has 0 spiro atoms. The molecular formula is C9H16N2O2. The quantitative estimate of drug-likeness (QED) is 0.672. The molecule has 0 fully saturated rings. The summed E-state index contributed by atoms with van der Waals surface area (Å²) in [6.45, 7) is 3.95. The van der Waals surface area contributed by atoms with Crippen molar-refractivity contribution in [2.75, 3.05) is 12.4 Å². The van der Waals surface area contributed by atoms with Crippen LogP contribution in [-0.2, 0) is 0 Å². The lowest BCUT2D eigenvalue weighted by Crippen LogP contribution is -2.02. The molecule has 1 heterocycles. The van der Waals surface area contributed by atoms with Crippen molar-refractivity contribution in [3.8, 4) is 11.8 Å². The molecular weight excluding hydrogens is 168 g/mol. The summed E-state index contributed by atoms with van der Waals surface area (Å²) < 4.78 is 1.51. The molecule has 4 heteroatoms. The van der Waals surface area contributed by atoms with E-state index in [9.17, 15) is 10.2 Å². The van der Waals surface area contributed by atoms with Crippen LogP contribution in [0.3, 0.4) is 0 Å². The summed E-state index contributed by atoms with van der Waals surface area (Å²) in [5, 5.41) is 22.0. The molecule has 0 saturated heterocycles. The topological polar surface area (TPSA) is 57.4 Å². The van der Waals surface area contributed by atoms with Gasteiger partial charge in [0, 0.05) is 19.2 Å².